The molecule has 17 heavy (non-hydrogen) atoms. The third kappa shape index (κ3) is 2.17. The van der Waals surface area contributed by atoms with Crippen molar-refractivity contribution >= 4 is 17.4 Å². The molecule has 0 bridgehead atoms. The number of rotatable bonds is 0. The molecule has 1 saturated carbocycles. The predicted molar refractivity (Wildman–Crippen MR) is 71.1 cm³/mol. The van der Waals surface area contributed by atoms with Gasteiger partial charge in [0.2, 0.25) is 0 Å². The lowest BCUT2D eigenvalue weighted by atomic mass is 9.75. The van der Waals surface area contributed by atoms with Crippen LogP contribution >= 0.6 is 11.8 Å². The van der Waals surface area contributed by atoms with Crippen LogP contribution in [0.3, 0.4) is 0 Å². The Morgan fingerprint density at radius 2 is 2.00 bits per heavy atom. The number of hydrogen-bond acceptors (Lipinski definition) is 2. The number of hydrogen-bond donors (Lipinski definition) is 1. The van der Waals surface area contributed by atoms with Gasteiger partial charge in [-0.1, -0.05) is 25.3 Å². The van der Waals surface area contributed by atoms with Crippen LogP contribution in [0.4, 0.5) is 10.1 Å². The van der Waals surface area contributed by atoms with Gasteiger partial charge in [0.25, 0.3) is 0 Å². The standard InChI is InChI=1S/C14H18FNS/c15-11-5-4-6-12-13(11)17-10-14(9-16-12)7-2-1-3-8-14/h4-6,16H,1-3,7-10H2. The molecule has 0 atom stereocenters. The van der Waals surface area contributed by atoms with Crippen LogP contribution in [0.1, 0.15) is 32.1 Å². The van der Waals surface area contributed by atoms with Gasteiger partial charge in [0.15, 0.2) is 0 Å². The first-order valence-corrected chi connectivity index (χ1v) is 7.43. The van der Waals surface area contributed by atoms with E-state index in [1.165, 1.54) is 32.1 Å². The molecule has 1 heterocycles. The van der Waals surface area contributed by atoms with Crippen LogP contribution in [0, 0.1) is 11.2 Å². The summed E-state index contributed by atoms with van der Waals surface area (Å²) in [6.45, 7) is 1.01. The lowest BCUT2D eigenvalue weighted by Gasteiger charge is -2.35. The molecule has 92 valence electrons. The van der Waals surface area contributed by atoms with Crippen molar-refractivity contribution in [3.8, 4) is 0 Å². The number of anilines is 1. The summed E-state index contributed by atoms with van der Waals surface area (Å²) in [5.41, 5.74) is 1.38. The topological polar surface area (TPSA) is 12.0 Å². The highest BCUT2D eigenvalue weighted by molar-refractivity contribution is 7.99. The van der Waals surface area contributed by atoms with Crippen molar-refractivity contribution in [1.29, 1.82) is 0 Å². The van der Waals surface area contributed by atoms with Crippen molar-refractivity contribution in [2.24, 2.45) is 5.41 Å². The Bertz CT molecular complexity index is 413. The molecule has 2 aliphatic rings. The van der Waals surface area contributed by atoms with Crippen LogP contribution < -0.4 is 5.32 Å². The number of benzene rings is 1. The number of halogens is 1. The fourth-order valence-electron chi connectivity index (χ4n) is 2.98. The van der Waals surface area contributed by atoms with E-state index in [9.17, 15) is 4.39 Å². The molecule has 1 spiro atoms. The molecular weight excluding hydrogens is 233 g/mol. The van der Waals surface area contributed by atoms with Gasteiger partial charge in [-0.05, 0) is 30.4 Å². The molecule has 0 amide bonds. The zero-order valence-corrected chi connectivity index (χ0v) is 10.8. The minimum Gasteiger partial charge on any atom is -0.383 e. The zero-order valence-electron chi connectivity index (χ0n) is 9.97. The largest absolute Gasteiger partial charge is 0.383 e. The van der Waals surface area contributed by atoms with Crippen LogP contribution in [-0.4, -0.2) is 12.3 Å². The average Bonchev–Trinajstić information content (AvgIpc) is 2.53. The predicted octanol–water partition coefficient (Wildman–Crippen LogP) is 4.29. The average molecular weight is 251 g/mol. The first-order chi connectivity index (χ1) is 8.29. The summed E-state index contributed by atoms with van der Waals surface area (Å²) >= 11 is 1.70. The second-order valence-electron chi connectivity index (χ2n) is 5.32. The van der Waals surface area contributed by atoms with Gasteiger partial charge >= 0.3 is 0 Å². The third-order valence-electron chi connectivity index (χ3n) is 4.06. The Morgan fingerprint density at radius 3 is 2.82 bits per heavy atom. The van der Waals surface area contributed by atoms with E-state index >= 15 is 0 Å². The van der Waals surface area contributed by atoms with Crippen LogP contribution in [0.25, 0.3) is 0 Å². The van der Waals surface area contributed by atoms with E-state index in [0.717, 1.165) is 22.9 Å². The van der Waals surface area contributed by atoms with Gasteiger partial charge in [-0.2, -0.15) is 0 Å². The molecular formula is C14H18FNS. The second-order valence-corrected chi connectivity index (χ2v) is 6.31. The maximum absolute atomic E-state index is 13.7. The Hall–Kier alpha value is -0.700. The Kier molecular flexibility index (Phi) is 3.03. The molecule has 0 unspecified atom stereocenters. The highest BCUT2D eigenvalue weighted by Crippen LogP contribution is 2.45. The van der Waals surface area contributed by atoms with Crippen molar-refractivity contribution in [2.75, 3.05) is 17.6 Å². The first kappa shape index (κ1) is 11.4. The third-order valence-corrected chi connectivity index (χ3v) is 5.52. The van der Waals surface area contributed by atoms with Crippen molar-refractivity contribution < 1.29 is 4.39 Å². The summed E-state index contributed by atoms with van der Waals surface area (Å²) in [5, 5.41) is 3.47. The van der Waals surface area contributed by atoms with Crippen molar-refractivity contribution in [3.05, 3.63) is 24.0 Å². The maximum Gasteiger partial charge on any atom is 0.138 e. The molecule has 1 N–H and O–H groups in total. The van der Waals surface area contributed by atoms with Gasteiger partial charge in [0.05, 0.1) is 10.6 Å². The van der Waals surface area contributed by atoms with Gasteiger partial charge in [-0.15, -0.1) is 11.8 Å². The van der Waals surface area contributed by atoms with E-state index in [4.69, 9.17) is 0 Å². The van der Waals surface area contributed by atoms with Crippen LogP contribution in [0.5, 0.6) is 0 Å². The summed E-state index contributed by atoms with van der Waals surface area (Å²) in [5.74, 6) is 0.987. The lowest BCUT2D eigenvalue weighted by Crippen LogP contribution is -2.33. The molecule has 1 aromatic rings. The summed E-state index contributed by atoms with van der Waals surface area (Å²) in [6.07, 6.45) is 6.63. The summed E-state index contributed by atoms with van der Waals surface area (Å²) in [6, 6.07) is 5.35. The first-order valence-electron chi connectivity index (χ1n) is 6.44. The molecule has 0 radical (unpaired) electrons. The summed E-state index contributed by atoms with van der Waals surface area (Å²) in [7, 11) is 0. The molecule has 1 fully saturated rings. The SMILES string of the molecule is Fc1cccc2c1SCC1(CCCCC1)CN2. The van der Waals surface area contributed by atoms with Crippen molar-refractivity contribution in [1.82, 2.24) is 0 Å². The van der Waals surface area contributed by atoms with E-state index in [2.05, 4.69) is 5.32 Å². The molecule has 1 aliphatic heterocycles. The number of fused-ring (bicyclic) bond motifs is 1. The maximum atomic E-state index is 13.7. The molecule has 3 heteroatoms. The van der Waals surface area contributed by atoms with E-state index in [-0.39, 0.29) is 5.82 Å². The normalized spacial score (nSPS) is 22.6. The van der Waals surface area contributed by atoms with E-state index in [0.29, 0.717) is 5.41 Å². The van der Waals surface area contributed by atoms with Crippen LogP contribution in [0.15, 0.2) is 23.1 Å². The minimum atomic E-state index is -0.0761. The van der Waals surface area contributed by atoms with E-state index in [1.807, 2.05) is 6.07 Å². The Labute approximate surface area is 106 Å². The van der Waals surface area contributed by atoms with Gasteiger partial charge in [-0.3, -0.25) is 0 Å². The van der Waals surface area contributed by atoms with Gasteiger partial charge in [-0.25, -0.2) is 4.39 Å². The van der Waals surface area contributed by atoms with E-state index < -0.39 is 0 Å². The molecule has 1 aromatic carbocycles. The lowest BCUT2D eigenvalue weighted by molar-refractivity contribution is 0.241. The van der Waals surface area contributed by atoms with E-state index in [1.54, 1.807) is 23.9 Å². The quantitative estimate of drug-likeness (QED) is 0.738. The minimum absolute atomic E-state index is 0.0761. The summed E-state index contributed by atoms with van der Waals surface area (Å²) < 4.78 is 13.7. The number of thioether (sulfide) groups is 1. The second kappa shape index (κ2) is 4.52. The van der Waals surface area contributed by atoms with Gasteiger partial charge < -0.3 is 5.32 Å². The van der Waals surface area contributed by atoms with Gasteiger partial charge in [0.1, 0.15) is 5.82 Å². The Balaban J connectivity index is 1.85. The molecule has 3 rings (SSSR count). The molecule has 1 aliphatic carbocycles. The van der Waals surface area contributed by atoms with Gasteiger partial charge in [0, 0.05) is 12.3 Å². The highest BCUT2D eigenvalue weighted by atomic mass is 32.2. The van der Waals surface area contributed by atoms with Crippen LogP contribution in [0.2, 0.25) is 0 Å². The fraction of sp³-hybridized carbons (Fsp3) is 0.571. The number of nitrogens with one attached hydrogen (secondary N) is 1. The summed E-state index contributed by atoms with van der Waals surface area (Å²) in [4.78, 5) is 0.815. The fourth-order valence-corrected chi connectivity index (χ4v) is 4.32. The van der Waals surface area contributed by atoms with Crippen molar-refractivity contribution in [2.45, 2.75) is 37.0 Å². The van der Waals surface area contributed by atoms with Crippen molar-refractivity contribution in [3.63, 3.8) is 0 Å². The smallest absolute Gasteiger partial charge is 0.138 e. The molecule has 0 saturated heterocycles. The molecule has 0 aromatic heterocycles. The monoisotopic (exact) mass is 251 g/mol. The zero-order chi connectivity index (χ0) is 11.7. The van der Waals surface area contributed by atoms with Crippen LogP contribution in [-0.2, 0) is 0 Å². The Morgan fingerprint density at radius 1 is 1.18 bits per heavy atom. The highest BCUT2D eigenvalue weighted by Gasteiger charge is 2.34. The molecule has 1 nitrogen and oxygen atoms in total.